The summed E-state index contributed by atoms with van der Waals surface area (Å²) < 4.78 is 16.6. The topological polar surface area (TPSA) is 65.0 Å². The molecule has 0 unspecified atom stereocenters. The quantitative estimate of drug-likeness (QED) is 0.549. The van der Waals surface area contributed by atoms with Crippen molar-refractivity contribution in [2.45, 2.75) is 20.5 Å². The van der Waals surface area contributed by atoms with Gasteiger partial charge in [0.15, 0.2) is 0 Å². The number of rotatable bonds is 8. The van der Waals surface area contributed by atoms with Gasteiger partial charge in [-0.05, 0) is 66.4 Å². The molecule has 0 spiro atoms. The van der Waals surface area contributed by atoms with E-state index in [0.717, 1.165) is 33.6 Å². The van der Waals surface area contributed by atoms with Crippen LogP contribution in [-0.2, 0) is 11.3 Å². The van der Waals surface area contributed by atoms with Crippen LogP contribution in [0.5, 0.6) is 11.5 Å². The van der Waals surface area contributed by atoms with Crippen LogP contribution in [0.3, 0.4) is 0 Å². The van der Waals surface area contributed by atoms with E-state index in [1.807, 2.05) is 62.4 Å². The SMILES string of the molecule is COc1cc(C(=O)OCc2ccccc2)ccc1-c1cc(C)c(OCCO)c(C)c1. The third kappa shape index (κ3) is 4.99. The Kier molecular flexibility index (Phi) is 7.09. The Labute approximate surface area is 176 Å². The number of carbonyl (C=O) groups is 1. The molecule has 156 valence electrons. The van der Waals surface area contributed by atoms with Gasteiger partial charge in [-0.25, -0.2) is 4.79 Å². The number of aliphatic hydroxyl groups excluding tert-OH is 1. The molecule has 0 aromatic heterocycles. The molecule has 3 aromatic carbocycles. The van der Waals surface area contributed by atoms with Gasteiger partial charge in [0.05, 0.1) is 19.3 Å². The average molecular weight is 406 g/mol. The minimum absolute atomic E-state index is 0.0315. The number of aliphatic hydroxyl groups is 1. The molecule has 0 fully saturated rings. The predicted molar refractivity (Wildman–Crippen MR) is 116 cm³/mol. The molecule has 0 heterocycles. The summed E-state index contributed by atoms with van der Waals surface area (Å²) in [5.41, 5.74) is 5.13. The van der Waals surface area contributed by atoms with Crippen LogP contribution < -0.4 is 9.47 Å². The maximum atomic E-state index is 12.5. The highest BCUT2D eigenvalue weighted by molar-refractivity contribution is 5.91. The van der Waals surface area contributed by atoms with Gasteiger partial charge in [0.1, 0.15) is 24.7 Å². The fourth-order valence-corrected chi connectivity index (χ4v) is 3.34. The number of benzene rings is 3. The first kappa shape index (κ1) is 21.4. The molecular weight excluding hydrogens is 380 g/mol. The number of hydrogen-bond donors (Lipinski definition) is 1. The highest BCUT2D eigenvalue weighted by Gasteiger charge is 2.15. The summed E-state index contributed by atoms with van der Waals surface area (Å²) in [7, 11) is 1.58. The summed E-state index contributed by atoms with van der Waals surface area (Å²) in [6, 6.07) is 18.9. The standard InChI is InChI=1S/C25H26O5/c1-17-13-21(14-18(2)24(17)29-12-11-26)22-10-9-20(15-23(22)28-3)25(27)30-16-19-7-5-4-6-8-19/h4-10,13-15,26H,11-12,16H2,1-3H3. The van der Waals surface area contributed by atoms with Crippen molar-refractivity contribution in [3.05, 3.63) is 82.9 Å². The minimum Gasteiger partial charge on any atom is -0.496 e. The first-order chi connectivity index (χ1) is 14.5. The zero-order chi connectivity index (χ0) is 21.5. The van der Waals surface area contributed by atoms with Crippen molar-refractivity contribution in [3.8, 4) is 22.6 Å². The van der Waals surface area contributed by atoms with Gasteiger partial charge in [-0.15, -0.1) is 0 Å². The van der Waals surface area contributed by atoms with Crippen LogP contribution in [0.25, 0.3) is 11.1 Å². The number of ether oxygens (including phenoxy) is 3. The van der Waals surface area contributed by atoms with Gasteiger partial charge in [0, 0.05) is 5.56 Å². The highest BCUT2D eigenvalue weighted by Crippen LogP contribution is 2.35. The zero-order valence-corrected chi connectivity index (χ0v) is 17.5. The van der Waals surface area contributed by atoms with Crippen molar-refractivity contribution in [1.29, 1.82) is 0 Å². The van der Waals surface area contributed by atoms with Crippen LogP contribution in [0.1, 0.15) is 27.0 Å². The van der Waals surface area contributed by atoms with E-state index in [9.17, 15) is 4.79 Å². The molecule has 5 nitrogen and oxygen atoms in total. The van der Waals surface area contributed by atoms with Crippen molar-refractivity contribution in [1.82, 2.24) is 0 Å². The van der Waals surface area contributed by atoms with Crippen LogP contribution in [0.15, 0.2) is 60.7 Å². The number of esters is 1. The molecule has 0 bridgehead atoms. The largest absolute Gasteiger partial charge is 0.496 e. The Morgan fingerprint density at radius 2 is 1.67 bits per heavy atom. The summed E-state index contributed by atoms with van der Waals surface area (Å²) >= 11 is 0. The Bertz CT molecular complexity index is 988. The van der Waals surface area contributed by atoms with Crippen LogP contribution in [0, 0.1) is 13.8 Å². The molecule has 0 amide bonds. The lowest BCUT2D eigenvalue weighted by atomic mass is 9.98. The summed E-state index contributed by atoms with van der Waals surface area (Å²) in [6.07, 6.45) is 0. The molecular formula is C25H26O5. The minimum atomic E-state index is -0.399. The second-order valence-corrected chi connectivity index (χ2v) is 6.99. The molecule has 5 heteroatoms. The molecule has 0 saturated heterocycles. The number of methoxy groups -OCH3 is 1. The lowest BCUT2D eigenvalue weighted by molar-refractivity contribution is 0.0472. The second-order valence-electron chi connectivity index (χ2n) is 6.99. The van der Waals surface area contributed by atoms with Gasteiger partial charge in [-0.3, -0.25) is 0 Å². The third-order valence-electron chi connectivity index (χ3n) is 4.76. The van der Waals surface area contributed by atoms with Crippen molar-refractivity contribution in [2.24, 2.45) is 0 Å². The summed E-state index contributed by atoms with van der Waals surface area (Å²) in [6.45, 7) is 4.37. The molecule has 30 heavy (non-hydrogen) atoms. The fourth-order valence-electron chi connectivity index (χ4n) is 3.34. The number of carbonyl (C=O) groups excluding carboxylic acids is 1. The van der Waals surface area contributed by atoms with E-state index in [-0.39, 0.29) is 19.8 Å². The van der Waals surface area contributed by atoms with Gasteiger partial charge in [0.25, 0.3) is 0 Å². The maximum Gasteiger partial charge on any atom is 0.338 e. The lowest BCUT2D eigenvalue weighted by Gasteiger charge is -2.16. The first-order valence-corrected chi connectivity index (χ1v) is 9.78. The van der Waals surface area contributed by atoms with Crippen LogP contribution in [0.4, 0.5) is 0 Å². The Hall–Kier alpha value is -3.31. The second kappa shape index (κ2) is 9.94. The Balaban J connectivity index is 1.83. The van der Waals surface area contributed by atoms with E-state index in [1.165, 1.54) is 0 Å². The molecule has 0 aliphatic rings. The summed E-state index contributed by atoms with van der Waals surface area (Å²) in [4.78, 5) is 12.5. The van der Waals surface area contributed by atoms with Crippen LogP contribution in [0.2, 0.25) is 0 Å². The van der Waals surface area contributed by atoms with Gasteiger partial charge in [-0.1, -0.05) is 30.3 Å². The molecule has 0 atom stereocenters. The van der Waals surface area contributed by atoms with Gasteiger partial charge in [-0.2, -0.15) is 0 Å². The van der Waals surface area contributed by atoms with E-state index < -0.39 is 5.97 Å². The van der Waals surface area contributed by atoms with Crippen molar-refractivity contribution in [3.63, 3.8) is 0 Å². The van der Waals surface area contributed by atoms with Crippen LogP contribution >= 0.6 is 0 Å². The van der Waals surface area contributed by atoms with Crippen molar-refractivity contribution in [2.75, 3.05) is 20.3 Å². The number of aryl methyl sites for hydroxylation is 2. The summed E-state index contributed by atoms with van der Waals surface area (Å²) in [5, 5.41) is 9.00. The van der Waals surface area contributed by atoms with E-state index in [0.29, 0.717) is 11.3 Å². The molecule has 0 radical (unpaired) electrons. The van der Waals surface area contributed by atoms with Gasteiger partial charge in [0.2, 0.25) is 0 Å². The fraction of sp³-hybridized carbons (Fsp3) is 0.240. The molecule has 1 N–H and O–H groups in total. The van der Waals surface area contributed by atoms with Gasteiger partial charge >= 0.3 is 5.97 Å². The highest BCUT2D eigenvalue weighted by atomic mass is 16.5. The maximum absolute atomic E-state index is 12.5. The summed E-state index contributed by atoms with van der Waals surface area (Å²) in [5.74, 6) is 0.962. The monoisotopic (exact) mass is 406 g/mol. The zero-order valence-electron chi connectivity index (χ0n) is 17.5. The lowest BCUT2D eigenvalue weighted by Crippen LogP contribution is -2.06. The molecule has 0 aliphatic carbocycles. The van der Waals surface area contributed by atoms with Crippen molar-refractivity contribution >= 4 is 5.97 Å². The normalized spacial score (nSPS) is 10.5. The number of hydrogen-bond acceptors (Lipinski definition) is 5. The third-order valence-corrected chi connectivity index (χ3v) is 4.76. The van der Waals surface area contributed by atoms with E-state index >= 15 is 0 Å². The molecule has 0 saturated carbocycles. The van der Waals surface area contributed by atoms with Gasteiger partial charge < -0.3 is 19.3 Å². The molecule has 3 aromatic rings. The predicted octanol–water partition coefficient (Wildman–Crippen LogP) is 4.71. The van der Waals surface area contributed by atoms with E-state index in [1.54, 1.807) is 19.2 Å². The van der Waals surface area contributed by atoms with Crippen LogP contribution in [-0.4, -0.2) is 31.4 Å². The molecule has 3 rings (SSSR count). The smallest absolute Gasteiger partial charge is 0.338 e. The molecule has 0 aliphatic heterocycles. The Morgan fingerprint density at radius 1 is 0.967 bits per heavy atom. The van der Waals surface area contributed by atoms with E-state index in [2.05, 4.69) is 0 Å². The van der Waals surface area contributed by atoms with Crippen molar-refractivity contribution < 1.29 is 24.1 Å². The first-order valence-electron chi connectivity index (χ1n) is 9.78. The average Bonchev–Trinajstić information content (AvgIpc) is 2.77. The Morgan fingerprint density at radius 3 is 2.30 bits per heavy atom. The van der Waals surface area contributed by atoms with E-state index in [4.69, 9.17) is 19.3 Å².